The number of nitrogens with zero attached hydrogens (tertiary/aromatic N) is 2. The summed E-state index contributed by atoms with van der Waals surface area (Å²) in [6.45, 7) is 2.47. The van der Waals surface area contributed by atoms with E-state index in [1.807, 2.05) is 55.5 Å². The average Bonchev–Trinajstić information content (AvgIpc) is 2.75. The molecule has 0 bridgehead atoms. The van der Waals surface area contributed by atoms with Crippen LogP contribution in [0, 0.1) is 0 Å². The number of hydrogen-bond donors (Lipinski definition) is 1. The minimum atomic E-state index is -0.485. The highest BCUT2D eigenvalue weighted by atomic mass is 16.5. The van der Waals surface area contributed by atoms with Gasteiger partial charge in [0.1, 0.15) is 17.4 Å². The predicted octanol–water partition coefficient (Wildman–Crippen LogP) is 4.99. The summed E-state index contributed by atoms with van der Waals surface area (Å²) in [6, 6.07) is 21.9. The third-order valence-corrected chi connectivity index (χ3v) is 4.22. The van der Waals surface area contributed by atoms with Crippen LogP contribution in [-0.4, -0.2) is 22.5 Å². The van der Waals surface area contributed by atoms with Crippen LogP contribution in [0.25, 0.3) is 10.8 Å². The number of fused-ring (bicyclic) bond motifs is 1. The first-order valence-electron chi connectivity index (χ1n) is 9.26. The third-order valence-electron chi connectivity index (χ3n) is 4.22. The summed E-state index contributed by atoms with van der Waals surface area (Å²) in [4.78, 5) is 21.4. The highest BCUT2D eigenvalue weighted by Gasteiger charge is 2.14. The minimum absolute atomic E-state index is 0.236. The number of hydrogen-bond acceptors (Lipinski definition) is 6. The van der Waals surface area contributed by atoms with Gasteiger partial charge in [-0.2, -0.15) is 4.98 Å². The molecule has 0 saturated heterocycles. The fourth-order valence-corrected chi connectivity index (χ4v) is 2.88. The largest absolute Gasteiger partial charge is 0.494 e. The first-order chi connectivity index (χ1) is 14.2. The highest BCUT2D eigenvalue weighted by molar-refractivity contribution is 5.95. The van der Waals surface area contributed by atoms with Crippen molar-refractivity contribution >= 4 is 28.4 Å². The van der Waals surface area contributed by atoms with Crippen LogP contribution in [0.15, 0.2) is 79.0 Å². The van der Waals surface area contributed by atoms with Crippen molar-refractivity contribution < 1.29 is 14.3 Å². The number of nitrogens with one attached hydrogen (secondary N) is 1. The number of carbonyl (C=O) groups excluding carboxylic acids is 1. The van der Waals surface area contributed by atoms with Crippen molar-refractivity contribution in [2.24, 2.45) is 0 Å². The van der Waals surface area contributed by atoms with E-state index in [1.165, 1.54) is 0 Å². The molecule has 0 unspecified atom stereocenters. The number of benzene rings is 2. The van der Waals surface area contributed by atoms with Gasteiger partial charge in [-0.05, 0) is 60.8 Å². The van der Waals surface area contributed by atoms with Crippen molar-refractivity contribution in [2.75, 3.05) is 11.9 Å². The Morgan fingerprint density at radius 2 is 1.76 bits per heavy atom. The molecule has 0 aliphatic rings. The van der Waals surface area contributed by atoms with Crippen LogP contribution in [0.5, 0.6) is 11.6 Å². The predicted molar refractivity (Wildman–Crippen MR) is 112 cm³/mol. The molecular formula is C23H19N3O3. The van der Waals surface area contributed by atoms with Crippen LogP contribution in [0.3, 0.4) is 0 Å². The standard InChI is InChI=1S/C23H19N3O3/c1-2-28-18-12-10-16(11-13-18)23(27)29-22-19-8-4-3-7-17(19)15-21(26-22)25-20-9-5-6-14-24-20/h3-15H,2H2,1H3,(H,24,25,26). The van der Waals surface area contributed by atoms with E-state index in [0.717, 1.165) is 10.8 Å². The zero-order chi connectivity index (χ0) is 20.1. The minimum Gasteiger partial charge on any atom is -0.494 e. The molecule has 2 aromatic heterocycles. The van der Waals surface area contributed by atoms with E-state index in [0.29, 0.717) is 29.6 Å². The van der Waals surface area contributed by atoms with Gasteiger partial charge in [-0.1, -0.05) is 24.3 Å². The lowest BCUT2D eigenvalue weighted by molar-refractivity contribution is 0.0730. The van der Waals surface area contributed by atoms with Gasteiger partial charge in [-0.25, -0.2) is 9.78 Å². The number of carbonyl (C=O) groups is 1. The highest BCUT2D eigenvalue weighted by Crippen LogP contribution is 2.28. The summed E-state index contributed by atoms with van der Waals surface area (Å²) in [5.74, 6) is 1.64. The molecule has 6 nitrogen and oxygen atoms in total. The van der Waals surface area contributed by atoms with Gasteiger partial charge in [0.15, 0.2) is 0 Å². The van der Waals surface area contributed by atoms with Crippen molar-refractivity contribution in [1.82, 2.24) is 9.97 Å². The van der Waals surface area contributed by atoms with Gasteiger partial charge in [0.05, 0.1) is 12.2 Å². The maximum absolute atomic E-state index is 12.7. The van der Waals surface area contributed by atoms with Gasteiger partial charge in [0.2, 0.25) is 5.88 Å². The third kappa shape index (κ3) is 4.32. The van der Waals surface area contributed by atoms with Crippen molar-refractivity contribution in [3.63, 3.8) is 0 Å². The number of ether oxygens (including phenoxy) is 2. The van der Waals surface area contributed by atoms with Gasteiger partial charge in [-0.3, -0.25) is 0 Å². The molecular weight excluding hydrogens is 366 g/mol. The lowest BCUT2D eigenvalue weighted by atomic mass is 10.1. The van der Waals surface area contributed by atoms with E-state index in [4.69, 9.17) is 9.47 Å². The molecule has 0 atom stereocenters. The molecule has 4 rings (SSSR count). The number of pyridine rings is 2. The molecule has 6 heteroatoms. The smallest absolute Gasteiger partial charge is 0.344 e. The van der Waals surface area contributed by atoms with E-state index >= 15 is 0 Å². The van der Waals surface area contributed by atoms with Crippen molar-refractivity contribution in [3.05, 3.63) is 84.6 Å². The summed E-state index contributed by atoms with van der Waals surface area (Å²) in [5.41, 5.74) is 0.419. The first-order valence-corrected chi connectivity index (χ1v) is 9.26. The Morgan fingerprint density at radius 3 is 2.52 bits per heavy atom. The Balaban J connectivity index is 1.64. The molecule has 4 aromatic rings. The fourth-order valence-electron chi connectivity index (χ4n) is 2.88. The number of aromatic nitrogens is 2. The van der Waals surface area contributed by atoms with Crippen LogP contribution in [0.4, 0.5) is 11.6 Å². The Labute approximate surface area is 168 Å². The second kappa shape index (κ2) is 8.39. The van der Waals surface area contributed by atoms with Crippen molar-refractivity contribution in [1.29, 1.82) is 0 Å². The van der Waals surface area contributed by atoms with E-state index in [2.05, 4.69) is 15.3 Å². The normalized spacial score (nSPS) is 10.5. The maximum atomic E-state index is 12.7. The average molecular weight is 385 g/mol. The maximum Gasteiger partial charge on any atom is 0.344 e. The second-order valence-corrected chi connectivity index (χ2v) is 6.22. The summed E-state index contributed by atoms with van der Waals surface area (Å²) in [6.07, 6.45) is 1.69. The van der Waals surface area contributed by atoms with Crippen LogP contribution in [0.1, 0.15) is 17.3 Å². The van der Waals surface area contributed by atoms with Gasteiger partial charge < -0.3 is 14.8 Å². The van der Waals surface area contributed by atoms with Crippen LogP contribution < -0.4 is 14.8 Å². The van der Waals surface area contributed by atoms with Crippen LogP contribution >= 0.6 is 0 Å². The summed E-state index contributed by atoms with van der Waals surface area (Å²) in [5, 5.41) is 4.79. The van der Waals surface area contributed by atoms with Crippen molar-refractivity contribution in [2.45, 2.75) is 6.92 Å². The fraction of sp³-hybridized carbons (Fsp3) is 0.0870. The number of esters is 1. The molecule has 29 heavy (non-hydrogen) atoms. The molecule has 0 amide bonds. The summed E-state index contributed by atoms with van der Waals surface area (Å²) >= 11 is 0. The van der Waals surface area contributed by atoms with Gasteiger partial charge in [-0.15, -0.1) is 0 Å². The molecule has 1 N–H and O–H groups in total. The number of anilines is 2. The summed E-state index contributed by atoms with van der Waals surface area (Å²) in [7, 11) is 0. The van der Waals surface area contributed by atoms with Crippen molar-refractivity contribution in [3.8, 4) is 11.6 Å². The quantitative estimate of drug-likeness (QED) is 0.471. The molecule has 0 spiro atoms. The number of rotatable bonds is 6. The van der Waals surface area contributed by atoms with E-state index in [-0.39, 0.29) is 5.88 Å². The second-order valence-electron chi connectivity index (χ2n) is 6.22. The SMILES string of the molecule is CCOc1ccc(C(=O)Oc2nc(Nc3ccccn3)cc3ccccc23)cc1. The zero-order valence-corrected chi connectivity index (χ0v) is 15.8. The Kier molecular flexibility index (Phi) is 5.33. The topological polar surface area (TPSA) is 73.3 Å². The Bertz CT molecular complexity index is 1130. The Hall–Kier alpha value is -3.93. The molecule has 144 valence electrons. The van der Waals surface area contributed by atoms with E-state index < -0.39 is 5.97 Å². The van der Waals surface area contributed by atoms with Gasteiger partial charge in [0, 0.05) is 11.6 Å². The molecule has 0 aliphatic heterocycles. The monoisotopic (exact) mass is 385 g/mol. The molecule has 0 radical (unpaired) electrons. The van der Waals surface area contributed by atoms with Gasteiger partial charge in [0.25, 0.3) is 0 Å². The molecule has 2 aromatic carbocycles. The molecule has 0 saturated carbocycles. The molecule has 0 aliphatic carbocycles. The van der Waals surface area contributed by atoms with Gasteiger partial charge >= 0.3 is 5.97 Å². The Morgan fingerprint density at radius 1 is 0.966 bits per heavy atom. The lowest BCUT2D eigenvalue weighted by Crippen LogP contribution is -2.10. The summed E-state index contributed by atoms with van der Waals surface area (Å²) < 4.78 is 11.1. The van der Waals surface area contributed by atoms with E-state index in [1.54, 1.807) is 30.5 Å². The van der Waals surface area contributed by atoms with Crippen LogP contribution in [0.2, 0.25) is 0 Å². The van der Waals surface area contributed by atoms with Crippen LogP contribution in [-0.2, 0) is 0 Å². The zero-order valence-electron chi connectivity index (χ0n) is 15.8. The molecule has 2 heterocycles. The first kappa shape index (κ1) is 18.4. The van der Waals surface area contributed by atoms with E-state index in [9.17, 15) is 4.79 Å². The molecule has 0 fully saturated rings. The lowest BCUT2D eigenvalue weighted by Gasteiger charge is -2.11.